The highest BCUT2D eigenvalue weighted by Crippen LogP contribution is 2.58. The monoisotopic (exact) mass is 370 g/mol. The van der Waals surface area contributed by atoms with Gasteiger partial charge >= 0.3 is 5.97 Å². The van der Waals surface area contributed by atoms with Gasteiger partial charge in [0.15, 0.2) is 0 Å². The molecule has 2 heteroatoms. The van der Waals surface area contributed by atoms with E-state index in [1.807, 2.05) is 6.08 Å². The lowest BCUT2D eigenvalue weighted by Gasteiger charge is -2.39. The van der Waals surface area contributed by atoms with Crippen LogP contribution in [0.25, 0.3) is 0 Å². The number of fused-ring (bicyclic) bond motifs is 2. The molecule has 0 bridgehead atoms. The zero-order chi connectivity index (χ0) is 19.8. The summed E-state index contributed by atoms with van der Waals surface area (Å²) >= 11 is 0. The third kappa shape index (κ3) is 4.10. The van der Waals surface area contributed by atoms with Crippen molar-refractivity contribution in [2.24, 2.45) is 29.1 Å². The summed E-state index contributed by atoms with van der Waals surface area (Å²) in [5, 5.41) is 9.05. The van der Waals surface area contributed by atoms with Crippen LogP contribution >= 0.6 is 0 Å². The molecule has 27 heavy (non-hydrogen) atoms. The molecule has 150 valence electrons. The van der Waals surface area contributed by atoms with Crippen LogP contribution in [-0.2, 0) is 4.79 Å². The molecule has 2 nitrogen and oxygen atoms in total. The Labute approximate surface area is 165 Å². The quantitative estimate of drug-likeness (QED) is 0.420. The van der Waals surface area contributed by atoms with Crippen molar-refractivity contribution in [2.75, 3.05) is 0 Å². The maximum absolute atomic E-state index is 11.0. The Morgan fingerprint density at radius 3 is 2.81 bits per heavy atom. The van der Waals surface area contributed by atoms with Crippen LogP contribution in [0.4, 0.5) is 0 Å². The summed E-state index contributed by atoms with van der Waals surface area (Å²) < 4.78 is 0. The lowest BCUT2D eigenvalue weighted by atomic mass is 9.65. The first-order valence-electron chi connectivity index (χ1n) is 11.0. The van der Waals surface area contributed by atoms with Crippen molar-refractivity contribution in [2.45, 2.75) is 86.0 Å². The largest absolute Gasteiger partial charge is 0.478 e. The van der Waals surface area contributed by atoms with Gasteiger partial charge in [0.05, 0.1) is 0 Å². The molecule has 0 heterocycles. The fourth-order valence-electron chi connectivity index (χ4n) is 6.28. The van der Waals surface area contributed by atoms with Gasteiger partial charge in [-0.2, -0.15) is 0 Å². The highest BCUT2D eigenvalue weighted by Gasteiger charge is 2.48. The number of carbonyl (C=O) groups is 1. The van der Waals surface area contributed by atoms with Crippen molar-refractivity contribution in [3.8, 4) is 0 Å². The van der Waals surface area contributed by atoms with Crippen molar-refractivity contribution in [3.63, 3.8) is 0 Å². The molecule has 0 saturated heterocycles. The van der Waals surface area contributed by atoms with Gasteiger partial charge in [-0.15, -0.1) is 0 Å². The number of allylic oxidation sites excluding steroid dienone is 5. The number of carboxylic acid groups (broad SMARTS) is 1. The summed E-state index contributed by atoms with van der Waals surface area (Å²) in [4.78, 5) is 11.0. The van der Waals surface area contributed by atoms with E-state index >= 15 is 0 Å². The first-order chi connectivity index (χ1) is 12.7. The van der Waals surface area contributed by atoms with Crippen molar-refractivity contribution in [3.05, 3.63) is 34.4 Å². The Morgan fingerprint density at radius 2 is 2.11 bits per heavy atom. The van der Waals surface area contributed by atoms with E-state index in [1.165, 1.54) is 38.5 Å². The van der Waals surface area contributed by atoms with Gasteiger partial charge in [-0.1, -0.05) is 42.7 Å². The maximum Gasteiger partial charge on any atom is 0.330 e. The molecule has 3 rings (SSSR count). The molecule has 0 aliphatic heterocycles. The number of carboxylic acids is 1. The zero-order valence-corrected chi connectivity index (χ0v) is 18.0. The Hall–Kier alpha value is -1.31. The summed E-state index contributed by atoms with van der Waals surface area (Å²) in [6.45, 7) is 11.4. The van der Waals surface area contributed by atoms with Crippen LogP contribution in [0.3, 0.4) is 0 Å². The van der Waals surface area contributed by atoms with Gasteiger partial charge in [0, 0.05) is 11.5 Å². The Balaban J connectivity index is 1.74. The Bertz CT molecular complexity index is 680. The fraction of sp³-hybridized carbons (Fsp3) is 0.720. The number of rotatable bonds is 5. The molecular weight excluding hydrogens is 332 g/mol. The summed E-state index contributed by atoms with van der Waals surface area (Å²) in [5.74, 6) is 2.15. The minimum absolute atomic E-state index is 0.447. The zero-order valence-electron chi connectivity index (χ0n) is 18.0. The van der Waals surface area contributed by atoms with Crippen LogP contribution in [0.1, 0.15) is 86.0 Å². The minimum Gasteiger partial charge on any atom is -0.478 e. The molecule has 5 atom stereocenters. The van der Waals surface area contributed by atoms with Crippen molar-refractivity contribution < 1.29 is 9.90 Å². The van der Waals surface area contributed by atoms with Crippen LogP contribution in [0.5, 0.6) is 0 Å². The van der Waals surface area contributed by atoms with E-state index in [0.29, 0.717) is 16.9 Å². The van der Waals surface area contributed by atoms with E-state index in [2.05, 4.69) is 33.8 Å². The second-order valence-electron chi connectivity index (χ2n) is 9.97. The van der Waals surface area contributed by atoms with Crippen LogP contribution in [0, 0.1) is 29.1 Å². The van der Waals surface area contributed by atoms with E-state index in [1.54, 1.807) is 23.6 Å². The third-order valence-electron chi connectivity index (χ3n) is 8.22. The van der Waals surface area contributed by atoms with Crippen molar-refractivity contribution in [1.29, 1.82) is 0 Å². The molecule has 0 aromatic carbocycles. The predicted octanol–water partition coefficient (Wildman–Crippen LogP) is 6.93. The molecule has 0 amide bonds. The molecule has 0 spiro atoms. The number of aliphatic carboxylic acids is 1. The van der Waals surface area contributed by atoms with Gasteiger partial charge in [-0.05, 0) is 95.3 Å². The smallest absolute Gasteiger partial charge is 0.330 e. The standard InChI is InChI=1S/C25H38O2/c1-16(7-6-8-19(4)24(26)27)21-13-14-25(5)15-22-18(3)9-11-20(22)17(2)10-12-23(21)25/h8,10,16,20-21,23H,6-7,9,11-15H2,1-5H3,(H,26,27)/b17-10-,19-8+/t16-,20+,21+,23-,25+/m0/s1. The third-order valence-corrected chi connectivity index (χ3v) is 8.22. The molecule has 1 fully saturated rings. The minimum atomic E-state index is -0.786. The van der Waals surface area contributed by atoms with E-state index in [9.17, 15) is 4.79 Å². The SMILES string of the molecule is CC1=C2C[C@@]3(C)CC[C@H]([C@@H](C)CC/C=C(\C)C(=O)O)[C@@H]3C/C=C(/C)[C@H]2CC1. The van der Waals surface area contributed by atoms with Gasteiger partial charge < -0.3 is 5.11 Å². The summed E-state index contributed by atoms with van der Waals surface area (Å²) in [5.41, 5.74) is 5.98. The van der Waals surface area contributed by atoms with Gasteiger partial charge in [-0.25, -0.2) is 4.79 Å². The second-order valence-corrected chi connectivity index (χ2v) is 9.97. The molecule has 0 aromatic heterocycles. The summed E-state index contributed by atoms with van der Waals surface area (Å²) in [6.07, 6.45) is 14.3. The molecular formula is C25H38O2. The van der Waals surface area contributed by atoms with Gasteiger partial charge in [0.1, 0.15) is 0 Å². The topological polar surface area (TPSA) is 37.3 Å². The predicted molar refractivity (Wildman–Crippen MR) is 113 cm³/mol. The van der Waals surface area contributed by atoms with Gasteiger partial charge in [-0.3, -0.25) is 0 Å². The molecule has 3 aliphatic rings. The molecule has 0 radical (unpaired) electrons. The van der Waals surface area contributed by atoms with Gasteiger partial charge in [0.2, 0.25) is 0 Å². The van der Waals surface area contributed by atoms with Crippen molar-refractivity contribution >= 4 is 5.97 Å². The average molecular weight is 371 g/mol. The van der Waals surface area contributed by atoms with Crippen molar-refractivity contribution in [1.82, 2.24) is 0 Å². The van der Waals surface area contributed by atoms with Crippen LogP contribution < -0.4 is 0 Å². The highest BCUT2D eigenvalue weighted by atomic mass is 16.4. The molecule has 0 aromatic rings. The van der Waals surface area contributed by atoms with E-state index < -0.39 is 5.97 Å². The first kappa shape index (κ1) is 20.4. The molecule has 1 saturated carbocycles. The number of hydrogen-bond acceptors (Lipinski definition) is 1. The first-order valence-corrected chi connectivity index (χ1v) is 11.0. The van der Waals surface area contributed by atoms with Crippen LogP contribution in [0.2, 0.25) is 0 Å². The molecule has 3 aliphatic carbocycles. The lowest BCUT2D eigenvalue weighted by Crippen LogP contribution is -2.30. The van der Waals surface area contributed by atoms with E-state index in [-0.39, 0.29) is 0 Å². The average Bonchev–Trinajstić information content (AvgIpc) is 3.12. The highest BCUT2D eigenvalue weighted by molar-refractivity contribution is 5.85. The molecule has 0 unspecified atom stereocenters. The Morgan fingerprint density at radius 1 is 1.37 bits per heavy atom. The second kappa shape index (κ2) is 7.97. The van der Waals surface area contributed by atoms with Crippen LogP contribution in [0.15, 0.2) is 34.4 Å². The molecule has 1 N–H and O–H groups in total. The van der Waals surface area contributed by atoms with E-state index in [0.717, 1.165) is 30.6 Å². The van der Waals surface area contributed by atoms with Gasteiger partial charge in [0.25, 0.3) is 0 Å². The summed E-state index contributed by atoms with van der Waals surface area (Å²) in [7, 11) is 0. The lowest BCUT2D eigenvalue weighted by molar-refractivity contribution is -0.132. The fourth-order valence-corrected chi connectivity index (χ4v) is 6.28. The number of hydrogen-bond donors (Lipinski definition) is 1. The van der Waals surface area contributed by atoms with Crippen LogP contribution in [-0.4, -0.2) is 11.1 Å². The summed E-state index contributed by atoms with van der Waals surface area (Å²) in [6, 6.07) is 0. The van der Waals surface area contributed by atoms with E-state index in [4.69, 9.17) is 5.11 Å². The normalized spacial score (nSPS) is 37.1. The maximum atomic E-state index is 11.0. The Kier molecular flexibility index (Phi) is 6.03.